The van der Waals surface area contributed by atoms with E-state index in [0.29, 0.717) is 24.6 Å². The summed E-state index contributed by atoms with van der Waals surface area (Å²) in [5.74, 6) is 0.929. The van der Waals surface area contributed by atoms with E-state index in [1.807, 2.05) is 55.5 Å². The zero-order valence-electron chi connectivity index (χ0n) is 16.1. The van der Waals surface area contributed by atoms with E-state index < -0.39 is 0 Å². The summed E-state index contributed by atoms with van der Waals surface area (Å²) in [4.78, 5) is 26.2. The summed E-state index contributed by atoms with van der Waals surface area (Å²) in [6.07, 6.45) is 0.308. The summed E-state index contributed by atoms with van der Waals surface area (Å²) < 4.78 is 5.55. The molecule has 27 heavy (non-hydrogen) atoms. The van der Waals surface area contributed by atoms with E-state index in [0.717, 1.165) is 11.3 Å². The molecule has 1 N–H and O–H groups in total. The summed E-state index contributed by atoms with van der Waals surface area (Å²) in [7, 11) is 0. The second kappa shape index (κ2) is 8.25. The molecule has 2 aromatic rings. The first-order chi connectivity index (χ1) is 12.9. The van der Waals surface area contributed by atoms with Crippen LogP contribution in [0, 0.1) is 6.92 Å². The minimum atomic E-state index is -0.216. The number of hydrogen-bond donors (Lipinski definition) is 1. The molecule has 5 heteroatoms. The molecule has 0 saturated carbocycles. The quantitative estimate of drug-likeness (QED) is 0.852. The maximum absolute atomic E-state index is 12.3. The largest absolute Gasteiger partial charge is 0.484 e. The van der Waals surface area contributed by atoms with Crippen LogP contribution in [0.1, 0.15) is 37.3 Å². The number of rotatable bonds is 6. The van der Waals surface area contributed by atoms with E-state index >= 15 is 0 Å². The number of ether oxygens (including phenoxy) is 1. The van der Waals surface area contributed by atoms with Crippen molar-refractivity contribution in [2.75, 3.05) is 18.1 Å². The van der Waals surface area contributed by atoms with Crippen LogP contribution in [0.3, 0.4) is 0 Å². The van der Waals surface area contributed by atoms with E-state index in [9.17, 15) is 9.59 Å². The van der Waals surface area contributed by atoms with E-state index in [4.69, 9.17) is 4.74 Å². The Morgan fingerprint density at radius 3 is 2.44 bits per heavy atom. The van der Waals surface area contributed by atoms with Crippen LogP contribution in [0.15, 0.2) is 48.5 Å². The van der Waals surface area contributed by atoms with Crippen LogP contribution >= 0.6 is 0 Å². The fraction of sp³-hybridized carbons (Fsp3) is 0.364. The van der Waals surface area contributed by atoms with Gasteiger partial charge in [0.2, 0.25) is 5.91 Å². The third-order valence-electron chi connectivity index (χ3n) is 4.75. The maximum Gasteiger partial charge on any atom is 0.258 e. The molecule has 0 aromatic heterocycles. The van der Waals surface area contributed by atoms with Crippen LogP contribution < -0.4 is 15.0 Å². The molecule has 0 radical (unpaired) electrons. The molecule has 1 atom stereocenters. The van der Waals surface area contributed by atoms with Crippen LogP contribution in [0.2, 0.25) is 0 Å². The third kappa shape index (κ3) is 4.88. The number of carbonyl (C=O) groups excluding carboxylic acids is 2. The van der Waals surface area contributed by atoms with Gasteiger partial charge < -0.3 is 15.0 Å². The van der Waals surface area contributed by atoms with E-state index in [-0.39, 0.29) is 24.5 Å². The Labute approximate surface area is 160 Å². The molecule has 1 aliphatic rings. The highest BCUT2D eigenvalue weighted by Gasteiger charge is 2.31. The lowest BCUT2D eigenvalue weighted by Crippen LogP contribution is -2.39. The average molecular weight is 366 g/mol. The van der Waals surface area contributed by atoms with Gasteiger partial charge in [-0.05, 0) is 42.7 Å². The second-order valence-electron chi connectivity index (χ2n) is 7.32. The molecule has 1 heterocycles. The van der Waals surface area contributed by atoms with Crippen molar-refractivity contribution in [3.8, 4) is 5.75 Å². The zero-order valence-corrected chi connectivity index (χ0v) is 16.1. The molecule has 1 aliphatic heterocycles. The predicted molar refractivity (Wildman–Crippen MR) is 106 cm³/mol. The standard InChI is InChI=1S/C22H26N2O3/c1-15(2)17-6-10-20(11-7-17)27-14-21(25)23-18-12-22(26)24(13-18)19-8-4-16(3)5-9-19/h4-11,15,18H,12-14H2,1-3H3,(H,23,25)/t18-/m1/s1. The minimum Gasteiger partial charge on any atom is -0.484 e. The Balaban J connectivity index is 1.49. The van der Waals surface area contributed by atoms with E-state index in [2.05, 4.69) is 19.2 Å². The van der Waals surface area contributed by atoms with Crippen molar-refractivity contribution < 1.29 is 14.3 Å². The van der Waals surface area contributed by atoms with Gasteiger partial charge in [0.05, 0.1) is 6.04 Å². The average Bonchev–Trinajstić information content (AvgIpc) is 3.01. The molecule has 0 bridgehead atoms. The number of benzene rings is 2. The van der Waals surface area contributed by atoms with Gasteiger partial charge in [0.25, 0.3) is 5.91 Å². The van der Waals surface area contributed by atoms with Crippen LogP contribution in [0.4, 0.5) is 5.69 Å². The molecule has 2 amide bonds. The summed E-state index contributed by atoms with van der Waals surface area (Å²) in [6.45, 7) is 6.69. The summed E-state index contributed by atoms with van der Waals surface area (Å²) in [5, 5.41) is 2.89. The maximum atomic E-state index is 12.3. The summed E-state index contributed by atoms with van der Waals surface area (Å²) in [6, 6.07) is 15.4. The number of hydrogen-bond acceptors (Lipinski definition) is 3. The Morgan fingerprint density at radius 1 is 1.15 bits per heavy atom. The number of carbonyl (C=O) groups is 2. The number of anilines is 1. The molecule has 3 rings (SSSR count). The molecule has 5 nitrogen and oxygen atoms in total. The van der Waals surface area contributed by atoms with Gasteiger partial charge in [-0.25, -0.2) is 0 Å². The predicted octanol–water partition coefficient (Wildman–Crippen LogP) is 3.42. The third-order valence-corrected chi connectivity index (χ3v) is 4.75. The monoisotopic (exact) mass is 366 g/mol. The highest BCUT2D eigenvalue weighted by atomic mass is 16.5. The fourth-order valence-electron chi connectivity index (χ4n) is 3.15. The number of aryl methyl sites for hydroxylation is 1. The first-order valence-corrected chi connectivity index (χ1v) is 9.31. The molecule has 142 valence electrons. The van der Waals surface area contributed by atoms with Crippen LogP contribution in [-0.2, 0) is 9.59 Å². The highest BCUT2D eigenvalue weighted by Crippen LogP contribution is 2.22. The lowest BCUT2D eigenvalue weighted by molar-refractivity contribution is -0.123. The van der Waals surface area contributed by atoms with Crippen molar-refractivity contribution in [3.05, 3.63) is 59.7 Å². The van der Waals surface area contributed by atoms with Crippen molar-refractivity contribution in [1.82, 2.24) is 5.32 Å². The van der Waals surface area contributed by atoms with Crippen LogP contribution in [0.5, 0.6) is 5.75 Å². The topological polar surface area (TPSA) is 58.6 Å². The summed E-state index contributed by atoms with van der Waals surface area (Å²) >= 11 is 0. The molecular formula is C22H26N2O3. The van der Waals surface area contributed by atoms with E-state index in [1.165, 1.54) is 5.56 Å². The Kier molecular flexibility index (Phi) is 5.79. The Hall–Kier alpha value is -2.82. The minimum absolute atomic E-state index is 0.0225. The second-order valence-corrected chi connectivity index (χ2v) is 7.32. The molecule has 1 fully saturated rings. The molecule has 0 spiro atoms. The number of nitrogens with zero attached hydrogens (tertiary/aromatic N) is 1. The van der Waals surface area contributed by atoms with Gasteiger partial charge in [-0.2, -0.15) is 0 Å². The van der Waals surface area contributed by atoms with Crippen molar-refractivity contribution in [2.24, 2.45) is 0 Å². The van der Waals surface area contributed by atoms with Crippen molar-refractivity contribution in [1.29, 1.82) is 0 Å². The smallest absolute Gasteiger partial charge is 0.258 e. The first-order valence-electron chi connectivity index (χ1n) is 9.31. The number of amides is 2. The van der Waals surface area contributed by atoms with Gasteiger partial charge >= 0.3 is 0 Å². The lowest BCUT2D eigenvalue weighted by atomic mass is 10.0. The van der Waals surface area contributed by atoms with Crippen molar-refractivity contribution in [2.45, 2.75) is 39.2 Å². The molecular weight excluding hydrogens is 340 g/mol. The van der Waals surface area contributed by atoms with Gasteiger partial charge in [-0.1, -0.05) is 43.7 Å². The Bertz CT molecular complexity index is 797. The van der Waals surface area contributed by atoms with Gasteiger partial charge in [0.1, 0.15) is 5.75 Å². The molecule has 2 aromatic carbocycles. The normalized spacial score (nSPS) is 16.7. The fourth-order valence-corrected chi connectivity index (χ4v) is 3.15. The number of nitrogens with one attached hydrogen (secondary N) is 1. The zero-order chi connectivity index (χ0) is 19.4. The van der Waals surface area contributed by atoms with Crippen molar-refractivity contribution in [3.63, 3.8) is 0 Å². The van der Waals surface area contributed by atoms with E-state index in [1.54, 1.807) is 4.90 Å². The molecule has 1 saturated heterocycles. The van der Waals surface area contributed by atoms with Gasteiger partial charge in [0, 0.05) is 18.7 Å². The lowest BCUT2D eigenvalue weighted by Gasteiger charge is -2.17. The first kappa shape index (κ1) is 19.0. The SMILES string of the molecule is Cc1ccc(N2C[C@H](NC(=O)COc3ccc(C(C)C)cc3)CC2=O)cc1. The van der Waals surface area contributed by atoms with Gasteiger partial charge in [0.15, 0.2) is 6.61 Å². The van der Waals surface area contributed by atoms with Crippen LogP contribution in [-0.4, -0.2) is 31.0 Å². The Morgan fingerprint density at radius 2 is 1.81 bits per heavy atom. The van der Waals surface area contributed by atoms with Crippen molar-refractivity contribution >= 4 is 17.5 Å². The molecule has 0 unspecified atom stereocenters. The van der Waals surface area contributed by atoms with Gasteiger partial charge in [-0.3, -0.25) is 9.59 Å². The van der Waals surface area contributed by atoms with Crippen LogP contribution in [0.25, 0.3) is 0 Å². The van der Waals surface area contributed by atoms with Gasteiger partial charge in [-0.15, -0.1) is 0 Å². The highest BCUT2D eigenvalue weighted by molar-refractivity contribution is 5.96. The molecule has 0 aliphatic carbocycles. The summed E-state index contributed by atoms with van der Waals surface area (Å²) in [5.41, 5.74) is 3.24.